The van der Waals surface area contributed by atoms with E-state index in [0.29, 0.717) is 13.1 Å². The third-order valence-electron chi connectivity index (χ3n) is 4.86. The van der Waals surface area contributed by atoms with E-state index in [1.54, 1.807) is 6.20 Å². The molecule has 1 unspecified atom stereocenters. The van der Waals surface area contributed by atoms with Gasteiger partial charge in [0.1, 0.15) is 0 Å². The van der Waals surface area contributed by atoms with Gasteiger partial charge in [-0.1, -0.05) is 30.3 Å². The van der Waals surface area contributed by atoms with Crippen molar-refractivity contribution in [2.45, 2.75) is 19.5 Å². The van der Waals surface area contributed by atoms with Crippen LogP contribution >= 0.6 is 0 Å². The Kier molecular flexibility index (Phi) is 5.79. The molecule has 1 aromatic carbocycles. The summed E-state index contributed by atoms with van der Waals surface area (Å²) in [6, 6.07) is 12.5. The van der Waals surface area contributed by atoms with Crippen LogP contribution in [0.15, 0.2) is 48.8 Å². The second-order valence-electron chi connectivity index (χ2n) is 6.65. The lowest BCUT2D eigenvalue weighted by atomic mass is 10.1. The number of aryl methyl sites for hydroxylation is 1. The summed E-state index contributed by atoms with van der Waals surface area (Å²) in [5.74, 6) is 0.152. The molecule has 0 radical (unpaired) electrons. The van der Waals surface area contributed by atoms with Gasteiger partial charge in [-0.15, -0.1) is 0 Å². The number of hydrogen-bond donors (Lipinski definition) is 1. The van der Waals surface area contributed by atoms with E-state index in [-0.39, 0.29) is 11.9 Å². The van der Waals surface area contributed by atoms with E-state index in [1.165, 1.54) is 11.1 Å². The Morgan fingerprint density at radius 1 is 1.32 bits per heavy atom. The Balaban J connectivity index is 1.65. The molecule has 1 atom stereocenters. The Hall–Kier alpha value is -2.24. The lowest BCUT2D eigenvalue weighted by molar-refractivity contribution is -0.132. The first kappa shape index (κ1) is 17.6. The minimum Gasteiger partial charge on any atom is -0.340 e. The summed E-state index contributed by atoms with van der Waals surface area (Å²) in [5.41, 5.74) is 3.57. The second-order valence-corrected chi connectivity index (χ2v) is 6.65. The second kappa shape index (κ2) is 8.23. The van der Waals surface area contributed by atoms with Crippen LogP contribution in [0.2, 0.25) is 0 Å². The monoisotopic (exact) mass is 338 g/mol. The fraction of sp³-hybridized carbons (Fsp3) is 0.400. The van der Waals surface area contributed by atoms with Crippen LogP contribution in [0.4, 0.5) is 0 Å². The van der Waals surface area contributed by atoms with E-state index >= 15 is 0 Å². The summed E-state index contributed by atoms with van der Waals surface area (Å²) in [4.78, 5) is 21.1. The van der Waals surface area contributed by atoms with Crippen LogP contribution in [-0.4, -0.2) is 53.9 Å². The fourth-order valence-electron chi connectivity index (χ4n) is 3.26. The van der Waals surface area contributed by atoms with Gasteiger partial charge in [-0.2, -0.15) is 0 Å². The van der Waals surface area contributed by atoms with E-state index in [9.17, 15) is 4.79 Å². The van der Waals surface area contributed by atoms with Gasteiger partial charge in [0.25, 0.3) is 0 Å². The molecule has 1 fully saturated rings. The Morgan fingerprint density at radius 2 is 2.16 bits per heavy atom. The molecule has 132 valence electrons. The predicted octanol–water partition coefficient (Wildman–Crippen LogP) is 1.99. The standard InChI is InChI=1S/C20H26N4O/c1-16-6-3-4-7-18(16)14-23(2)20(25)15-24-11-10-22-13-19(24)17-8-5-9-21-12-17/h3-9,12,19,22H,10-11,13-15H2,1-2H3. The van der Waals surface area contributed by atoms with Gasteiger partial charge in [-0.3, -0.25) is 14.7 Å². The summed E-state index contributed by atoms with van der Waals surface area (Å²) in [6.45, 7) is 5.79. The lowest BCUT2D eigenvalue weighted by Gasteiger charge is -2.36. The number of hydrogen-bond acceptors (Lipinski definition) is 4. The van der Waals surface area contributed by atoms with Crippen LogP contribution in [-0.2, 0) is 11.3 Å². The molecule has 1 aromatic heterocycles. The van der Waals surface area contributed by atoms with E-state index < -0.39 is 0 Å². The first-order valence-electron chi connectivity index (χ1n) is 8.78. The molecule has 2 heterocycles. The number of rotatable bonds is 5. The van der Waals surface area contributed by atoms with Crippen molar-refractivity contribution >= 4 is 5.91 Å². The van der Waals surface area contributed by atoms with Gasteiger partial charge in [0, 0.05) is 51.7 Å². The van der Waals surface area contributed by atoms with E-state index in [2.05, 4.69) is 40.3 Å². The molecular weight excluding hydrogens is 312 g/mol. The van der Waals surface area contributed by atoms with E-state index in [4.69, 9.17) is 0 Å². The highest BCUT2D eigenvalue weighted by Crippen LogP contribution is 2.21. The summed E-state index contributed by atoms with van der Waals surface area (Å²) in [6.07, 6.45) is 3.68. The smallest absolute Gasteiger partial charge is 0.236 e. The number of pyridine rings is 1. The van der Waals surface area contributed by atoms with Crippen molar-refractivity contribution in [3.63, 3.8) is 0 Å². The number of piperazine rings is 1. The number of benzene rings is 1. The molecule has 1 aliphatic rings. The van der Waals surface area contributed by atoms with Gasteiger partial charge >= 0.3 is 0 Å². The number of carbonyl (C=O) groups is 1. The molecule has 1 aliphatic heterocycles. The summed E-state index contributed by atoms with van der Waals surface area (Å²) >= 11 is 0. The van der Waals surface area contributed by atoms with Crippen molar-refractivity contribution in [1.29, 1.82) is 0 Å². The van der Waals surface area contributed by atoms with Crippen LogP contribution in [0.3, 0.4) is 0 Å². The van der Waals surface area contributed by atoms with Crippen LogP contribution in [0.25, 0.3) is 0 Å². The molecule has 0 spiro atoms. The minimum atomic E-state index is 0.152. The number of aromatic nitrogens is 1. The molecule has 0 saturated carbocycles. The quantitative estimate of drug-likeness (QED) is 0.906. The number of carbonyl (C=O) groups excluding carboxylic acids is 1. The summed E-state index contributed by atoms with van der Waals surface area (Å²) in [7, 11) is 1.88. The first-order chi connectivity index (χ1) is 12.1. The SMILES string of the molecule is Cc1ccccc1CN(C)C(=O)CN1CCNCC1c1cccnc1. The maximum Gasteiger partial charge on any atom is 0.236 e. The Bertz CT molecular complexity index is 704. The number of likely N-dealkylation sites (N-methyl/N-ethyl adjacent to an activating group) is 1. The highest BCUT2D eigenvalue weighted by atomic mass is 16.2. The minimum absolute atomic E-state index is 0.152. The molecule has 2 aromatic rings. The van der Waals surface area contributed by atoms with E-state index in [0.717, 1.165) is 25.2 Å². The van der Waals surface area contributed by atoms with Gasteiger partial charge in [0.2, 0.25) is 5.91 Å². The van der Waals surface area contributed by atoms with Crippen LogP contribution in [0.5, 0.6) is 0 Å². The van der Waals surface area contributed by atoms with Crippen molar-refractivity contribution in [1.82, 2.24) is 20.1 Å². The van der Waals surface area contributed by atoms with Gasteiger partial charge in [-0.25, -0.2) is 0 Å². The fourth-order valence-corrected chi connectivity index (χ4v) is 3.26. The molecule has 1 amide bonds. The average Bonchev–Trinajstić information content (AvgIpc) is 2.64. The van der Waals surface area contributed by atoms with Crippen molar-refractivity contribution in [3.05, 3.63) is 65.5 Å². The van der Waals surface area contributed by atoms with Crippen molar-refractivity contribution in [2.24, 2.45) is 0 Å². The third-order valence-corrected chi connectivity index (χ3v) is 4.86. The Morgan fingerprint density at radius 3 is 2.92 bits per heavy atom. The van der Waals surface area contributed by atoms with Crippen molar-refractivity contribution in [3.8, 4) is 0 Å². The highest BCUT2D eigenvalue weighted by Gasteiger charge is 2.26. The predicted molar refractivity (Wildman–Crippen MR) is 99.1 cm³/mol. The summed E-state index contributed by atoms with van der Waals surface area (Å²) < 4.78 is 0. The molecule has 1 N–H and O–H groups in total. The lowest BCUT2D eigenvalue weighted by Crippen LogP contribution is -2.49. The first-order valence-corrected chi connectivity index (χ1v) is 8.78. The molecule has 25 heavy (non-hydrogen) atoms. The average molecular weight is 338 g/mol. The van der Waals surface area contributed by atoms with Gasteiger partial charge in [0.15, 0.2) is 0 Å². The van der Waals surface area contributed by atoms with Crippen LogP contribution in [0, 0.1) is 6.92 Å². The highest BCUT2D eigenvalue weighted by molar-refractivity contribution is 5.78. The molecule has 5 heteroatoms. The molecule has 0 aliphatic carbocycles. The molecular formula is C20H26N4O. The van der Waals surface area contributed by atoms with Gasteiger partial charge < -0.3 is 10.2 Å². The zero-order chi connectivity index (χ0) is 17.6. The molecule has 0 bridgehead atoms. The number of amides is 1. The normalized spacial score (nSPS) is 18.1. The zero-order valence-corrected chi connectivity index (χ0v) is 15.0. The molecule has 1 saturated heterocycles. The molecule has 3 rings (SSSR count). The van der Waals surface area contributed by atoms with Crippen molar-refractivity contribution in [2.75, 3.05) is 33.2 Å². The maximum absolute atomic E-state index is 12.8. The van der Waals surface area contributed by atoms with Gasteiger partial charge in [0.05, 0.1) is 6.54 Å². The van der Waals surface area contributed by atoms with Crippen LogP contribution in [0.1, 0.15) is 22.7 Å². The third kappa shape index (κ3) is 4.44. The number of nitrogens with one attached hydrogen (secondary N) is 1. The maximum atomic E-state index is 12.8. The topological polar surface area (TPSA) is 48.5 Å². The van der Waals surface area contributed by atoms with Gasteiger partial charge in [-0.05, 0) is 29.7 Å². The zero-order valence-electron chi connectivity index (χ0n) is 15.0. The van der Waals surface area contributed by atoms with E-state index in [1.807, 2.05) is 36.3 Å². The summed E-state index contributed by atoms with van der Waals surface area (Å²) in [5, 5.41) is 3.42. The molecule has 5 nitrogen and oxygen atoms in total. The Labute approximate surface area is 149 Å². The number of nitrogens with zero attached hydrogens (tertiary/aromatic N) is 3. The van der Waals surface area contributed by atoms with Crippen LogP contribution < -0.4 is 5.32 Å². The van der Waals surface area contributed by atoms with Crippen molar-refractivity contribution < 1.29 is 4.79 Å². The largest absolute Gasteiger partial charge is 0.340 e.